The van der Waals surface area contributed by atoms with Crippen molar-refractivity contribution in [1.82, 2.24) is 15.0 Å². The molecule has 0 radical (unpaired) electrons. The van der Waals surface area contributed by atoms with E-state index in [1.165, 1.54) is 4.90 Å². The molecule has 1 amide bonds. The molecule has 1 saturated heterocycles. The summed E-state index contributed by atoms with van der Waals surface area (Å²) in [6.45, 7) is 3.68. The van der Waals surface area contributed by atoms with Crippen molar-refractivity contribution in [3.63, 3.8) is 0 Å². The fourth-order valence-electron chi connectivity index (χ4n) is 2.59. The number of benzene rings is 1. The van der Waals surface area contributed by atoms with E-state index in [1.807, 2.05) is 17.0 Å². The first-order chi connectivity index (χ1) is 11.1. The Hall–Kier alpha value is -3.08. The van der Waals surface area contributed by atoms with Gasteiger partial charge in [0, 0.05) is 31.7 Å². The number of aromatic nitrogens is 2. The van der Waals surface area contributed by atoms with Crippen LogP contribution in [0.3, 0.4) is 0 Å². The normalized spacial score (nSPS) is 14.6. The largest absolute Gasteiger partial charge is 0.465 e. The first kappa shape index (κ1) is 14.8. The van der Waals surface area contributed by atoms with Crippen LogP contribution in [0.2, 0.25) is 0 Å². The Kier molecular flexibility index (Phi) is 3.85. The molecule has 0 unspecified atom stereocenters. The van der Waals surface area contributed by atoms with Gasteiger partial charge in [0.2, 0.25) is 0 Å². The van der Waals surface area contributed by atoms with Gasteiger partial charge in [0.05, 0.1) is 11.3 Å². The Labute approximate surface area is 132 Å². The van der Waals surface area contributed by atoms with E-state index in [2.05, 4.69) is 16.2 Å². The van der Waals surface area contributed by atoms with Crippen LogP contribution in [0.5, 0.6) is 0 Å². The Morgan fingerprint density at radius 2 is 2.09 bits per heavy atom. The quantitative estimate of drug-likeness (QED) is 0.899. The van der Waals surface area contributed by atoms with Gasteiger partial charge in [-0.2, -0.15) is 10.2 Å². The van der Waals surface area contributed by atoms with Crippen molar-refractivity contribution in [3.05, 3.63) is 29.6 Å². The number of carbonyl (C=O) groups is 1. The maximum absolute atomic E-state index is 11.0. The molecule has 1 fully saturated rings. The van der Waals surface area contributed by atoms with Crippen molar-refractivity contribution in [3.8, 4) is 17.5 Å². The van der Waals surface area contributed by atoms with Crippen LogP contribution in [-0.4, -0.2) is 52.4 Å². The highest BCUT2D eigenvalue weighted by atomic mass is 16.5. The summed E-state index contributed by atoms with van der Waals surface area (Å²) in [7, 11) is 0. The zero-order chi connectivity index (χ0) is 16.4. The van der Waals surface area contributed by atoms with Crippen molar-refractivity contribution >= 4 is 11.8 Å². The van der Waals surface area contributed by atoms with E-state index >= 15 is 0 Å². The first-order valence-corrected chi connectivity index (χ1v) is 7.16. The lowest BCUT2D eigenvalue weighted by molar-refractivity contribution is 0.142. The zero-order valence-electron chi connectivity index (χ0n) is 12.6. The van der Waals surface area contributed by atoms with Crippen molar-refractivity contribution in [2.24, 2.45) is 0 Å². The summed E-state index contributed by atoms with van der Waals surface area (Å²) in [6, 6.07) is 7.56. The van der Waals surface area contributed by atoms with Crippen LogP contribution in [0.1, 0.15) is 11.4 Å². The molecule has 23 heavy (non-hydrogen) atoms. The van der Waals surface area contributed by atoms with Crippen LogP contribution in [0.15, 0.2) is 22.7 Å². The second-order valence-corrected chi connectivity index (χ2v) is 5.25. The highest BCUT2D eigenvalue weighted by Crippen LogP contribution is 2.27. The molecular weight excluding hydrogens is 298 g/mol. The van der Waals surface area contributed by atoms with Gasteiger partial charge in [0.1, 0.15) is 6.07 Å². The van der Waals surface area contributed by atoms with E-state index in [1.54, 1.807) is 13.0 Å². The monoisotopic (exact) mass is 313 g/mol. The fraction of sp³-hybridized carbons (Fsp3) is 0.333. The van der Waals surface area contributed by atoms with E-state index in [9.17, 15) is 10.1 Å². The summed E-state index contributed by atoms with van der Waals surface area (Å²) < 4.78 is 5.12. The maximum Gasteiger partial charge on any atom is 0.407 e. The van der Waals surface area contributed by atoms with Crippen molar-refractivity contribution < 1.29 is 14.4 Å². The fourth-order valence-corrected chi connectivity index (χ4v) is 2.59. The predicted octanol–water partition coefficient (Wildman–Crippen LogP) is 1.72. The van der Waals surface area contributed by atoms with Crippen LogP contribution in [0, 0.1) is 18.3 Å². The summed E-state index contributed by atoms with van der Waals surface area (Å²) in [5.41, 5.74) is 1.98. The molecule has 2 aromatic rings. The molecule has 2 heterocycles. The summed E-state index contributed by atoms with van der Waals surface area (Å²) in [6.07, 6.45) is -0.910. The van der Waals surface area contributed by atoms with Gasteiger partial charge in [-0.15, -0.1) is 0 Å². The third kappa shape index (κ3) is 2.94. The van der Waals surface area contributed by atoms with Gasteiger partial charge in [-0.25, -0.2) is 4.79 Å². The van der Waals surface area contributed by atoms with Gasteiger partial charge in [-0.05, 0) is 25.1 Å². The third-order valence-corrected chi connectivity index (χ3v) is 3.78. The number of nitriles is 1. The number of amides is 1. The molecule has 1 aromatic carbocycles. The number of rotatable bonds is 2. The Morgan fingerprint density at radius 3 is 2.65 bits per heavy atom. The molecule has 8 heteroatoms. The maximum atomic E-state index is 11.0. The van der Waals surface area contributed by atoms with Crippen molar-refractivity contribution in [1.29, 1.82) is 5.26 Å². The smallest absolute Gasteiger partial charge is 0.407 e. The van der Waals surface area contributed by atoms with Gasteiger partial charge in [-0.1, -0.05) is 5.16 Å². The SMILES string of the molecule is Cc1noc(-c2ccc(N3CCN(C(=O)O)CC3)c(C#N)c2)n1. The second kappa shape index (κ2) is 5.96. The number of hydrogen-bond acceptors (Lipinski definition) is 6. The second-order valence-electron chi connectivity index (χ2n) is 5.25. The molecule has 3 rings (SSSR count). The molecule has 0 aliphatic carbocycles. The third-order valence-electron chi connectivity index (χ3n) is 3.78. The Balaban J connectivity index is 1.84. The van der Waals surface area contributed by atoms with Crippen LogP contribution in [0.25, 0.3) is 11.5 Å². The highest BCUT2D eigenvalue weighted by molar-refractivity contribution is 5.69. The minimum atomic E-state index is -0.910. The molecule has 0 bridgehead atoms. The van der Waals surface area contributed by atoms with Gasteiger partial charge < -0.3 is 19.4 Å². The average Bonchev–Trinajstić information content (AvgIpc) is 3.01. The summed E-state index contributed by atoms with van der Waals surface area (Å²) >= 11 is 0. The molecule has 1 aliphatic rings. The minimum Gasteiger partial charge on any atom is -0.465 e. The predicted molar refractivity (Wildman–Crippen MR) is 81.0 cm³/mol. The Bertz CT molecular complexity index is 772. The molecule has 8 nitrogen and oxygen atoms in total. The van der Waals surface area contributed by atoms with Crippen LogP contribution < -0.4 is 4.90 Å². The first-order valence-electron chi connectivity index (χ1n) is 7.16. The number of piperazine rings is 1. The topological polar surface area (TPSA) is 106 Å². The molecule has 0 saturated carbocycles. The van der Waals surface area contributed by atoms with Crippen molar-refractivity contribution in [2.45, 2.75) is 6.92 Å². The number of anilines is 1. The van der Waals surface area contributed by atoms with Gasteiger partial charge in [0.15, 0.2) is 5.82 Å². The lowest BCUT2D eigenvalue weighted by Crippen LogP contribution is -2.48. The lowest BCUT2D eigenvalue weighted by atomic mass is 10.1. The standard InChI is InChI=1S/C15H15N5O3/c1-10-17-14(23-18-10)11-2-3-13(12(8-11)9-16)19-4-6-20(7-5-19)15(21)22/h2-3,8H,4-7H2,1H3,(H,21,22). The van der Waals surface area contributed by atoms with E-state index in [-0.39, 0.29) is 0 Å². The zero-order valence-corrected chi connectivity index (χ0v) is 12.6. The number of carboxylic acid groups (broad SMARTS) is 1. The van der Waals surface area contributed by atoms with Crippen LogP contribution >= 0.6 is 0 Å². The minimum absolute atomic E-state index is 0.376. The molecular formula is C15H15N5O3. The van der Waals surface area contributed by atoms with Gasteiger partial charge in [0.25, 0.3) is 5.89 Å². The van der Waals surface area contributed by atoms with Crippen molar-refractivity contribution in [2.75, 3.05) is 31.1 Å². The Morgan fingerprint density at radius 1 is 1.35 bits per heavy atom. The van der Waals surface area contributed by atoms with Gasteiger partial charge in [-0.3, -0.25) is 0 Å². The molecule has 118 valence electrons. The molecule has 0 spiro atoms. The van der Waals surface area contributed by atoms with E-state index < -0.39 is 6.09 Å². The number of hydrogen-bond donors (Lipinski definition) is 1. The van der Waals surface area contributed by atoms with E-state index in [0.717, 1.165) is 5.69 Å². The summed E-state index contributed by atoms with van der Waals surface area (Å²) in [5, 5.41) is 22.2. The number of aryl methyl sites for hydroxylation is 1. The summed E-state index contributed by atoms with van der Waals surface area (Å²) in [4.78, 5) is 18.5. The van der Waals surface area contributed by atoms with E-state index in [4.69, 9.17) is 9.63 Å². The van der Waals surface area contributed by atoms with Crippen LogP contribution in [-0.2, 0) is 0 Å². The van der Waals surface area contributed by atoms with Crippen LogP contribution in [0.4, 0.5) is 10.5 Å². The number of nitrogens with zero attached hydrogens (tertiary/aromatic N) is 5. The summed E-state index contributed by atoms with van der Waals surface area (Å²) in [5.74, 6) is 0.911. The highest BCUT2D eigenvalue weighted by Gasteiger charge is 2.22. The average molecular weight is 313 g/mol. The van der Waals surface area contributed by atoms with E-state index in [0.29, 0.717) is 49.0 Å². The molecule has 1 aliphatic heterocycles. The lowest BCUT2D eigenvalue weighted by Gasteiger charge is -2.35. The molecule has 0 atom stereocenters. The molecule has 1 N–H and O–H groups in total. The van der Waals surface area contributed by atoms with Gasteiger partial charge >= 0.3 is 6.09 Å². The molecule has 1 aromatic heterocycles.